The van der Waals surface area contributed by atoms with Crippen LogP contribution in [0.1, 0.15) is 42.1 Å². The van der Waals surface area contributed by atoms with E-state index in [1.165, 1.54) is 0 Å². The molecule has 32 heavy (non-hydrogen) atoms. The number of rotatable bonds is 8. The van der Waals surface area contributed by atoms with Crippen LogP contribution in [0.2, 0.25) is 0 Å². The van der Waals surface area contributed by atoms with E-state index in [0.717, 1.165) is 44.5 Å². The number of hydrogen-bond donors (Lipinski definition) is 2. The van der Waals surface area contributed by atoms with Crippen molar-refractivity contribution in [1.29, 1.82) is 0 Å². The van der Waals surface area contributed by atoms with E-state index in [1.54, 1.807) is 19.1 Å². The summed E-state index contributed by atoms with van der Waals surface area (Å²) in [5.41, 5.74) is 2.45. The first-order chi connectivity index (χ1) is 15.6. The Morgan fingerprint density at radius 1 is 1.22 bits per heavy atom. The summed E-state index contributed by atoms with van der Waals surface area (Å²) in [5.74, 6) is 0.528. The van der Waals surface area contributed by atoms with E-state index in [1.807, 2.05) is 30.3 Å². The molecule has 1 atom stereocenters. The van der Waals surface area contributed by atoms with E-state index in [0.29, 0.717) is 40.2 Å². The fourth-order valence-electron chi connectivity index (χ4n) is 4.68. The van der Waals surface area contributed by atoms with Crippen molar-refractivity contribution >= 4 is 16.9 Å². The minimum Gasteiger partial charge on any atom is -0.508 e. The maximum atomic E-state index is 13.0. The predicted octanol–water partition coefficient (Wildman–Crippen LogP) is 4.62. The maximum absolute atomic E-state index is 13.0. The van der Waals surface area contributed by atoms with Gasteiger partial charge >= 0.3 is 5.97 Å². The number of carbonyl (C=O) groups is 1. The van der Waals surface area contributed by atoms with Crippen molar-refractivity contribution in [2.45, 2.75) is 32.6 Å². The molecule has 6 heteroatoms. The van der Waals surface area contributed by atoms with E-state index in [9.17, 15) is 15.0 Å². The van der Waals surface area contributed by atoms with Gasteiger partial charge in [-0.25, -0.2) is 4.79 Å². The van der Waals surface area contributed by atoms with Crippen LogP contribution < -0.4 is 0 Å². The Morgan fingerprint density at radius 2 is 2.03 bits per heavy atom. The Kier molecular flexibility index (Phi) is 7.12. The summed E-state index contributed by atoms with van der Waals surface area (Å²) in [6.45, 7) is 5.09. The fourth-order valence-corrected chi connectivity index (χ4v) is 4.68. The second-order valence-electron chi connectivity index (χ2n) is 8.42. The van der Waals surface area contributed by atoms with Crippen molar-refractivity contribution in [3.63, 3.8) is 0 Å². The van der Waals surface area contributed by atoms with Crippen molar-refractivity contribution in [2.75, 3.05) is 32.8 Å². The van der Waals surface area contributed by atoms with Crippen LogP contribution in [-0.2, 0) is 11.2 Å². The molecule has 0 spiro atoms. The summed E-state index contributed by atoms with van der Waals surface area (Å²) in [7, 11) is 0. The Hall–Kier alpha value is -2.83. The number of carbonyl (C=O) groups excluding carboxylic acids is 1. The van der Waals surface area contributed by atoms with Gasteiger partial charge < -0.3 is 24.3 Å². The molecule has 0 bridgehead atoms. The molecule has 2 heterocycles. The van der Waals surface area contributed by atoms with E-state index in [2.05, 4.69) is 4.90 Å². The Bertz CT molecular complexity index is 1060. The molecule has 2 aromatic carbocycles. The van der Waals surface area contributed by atoms with Crippen LogP contribution in [0, 0.1) is 5.92 Å². The minimum absolute atomic E-state index is 0.162. The molecule has 2 N–H and O–H groups in total. The zero-order valence-corrected chi connectivity index (χ0v) is 18.5. The monoisotopic (exact) mass is 437 g/mol. The number of phenolic OH excluding ortho intramolecular Hbond substituents is 1. The molecule has 1 unspecified atom stereocenters. The van der Waals surface area contributed by atoms with Gasteiger partial charge in [-0.15, -0.1) is 0 Å². The Balaban J connectivity index is 1.67. The minimum atomic E-state index is -0.446. The normalized spacial score (nSPS) is 17.0. The largest absolute Gasteiger partial charge is 0.508 e. The number of ether oxygens (including phenoxy) is 1. The molecule has 3 aromatic rings. The number of phenols is 1. The number of furan rings is 1. The number of esters is 1. The number of aliphatic hydroxyl groups excluding tert-OH is 1. The Morgan fingerprint density at radius 3 is 2.78 bits per heavy atom. The second-order valence-corrected chi connectivity index (χ2v) is 8.42. The molecule has 170 valence electrons. The number of fused-ring (bicyclic) bond motifs is 1. The molecular weight excluding hydrogens is 406 g/mol. The molecule has 1 aliphatic rings. The van der Waals surface area contributed by atoms with Crippen LogP contribution in [0.25, 0.3) is 22.3 Å². The molecule has 0 saturated carbocycles. The third-order valence-electron chi connectivity index (χ3n) is 6.22. The highest BCUT2D eigenvalue weighted by molar-refractivity contribution is 6.10. The topological polar surface area (TPSA) is 83.1 Å². The summed E-state index contributed by atoms with van der Waals surface area (Å²) >= 11 is 0. The zero-order valence-electron chi connectivity index (χ0n) is 18.5. The lowest BCUT2D eigenvalue weighted by Crippen LogP contribution is -2.37. The Labute approximate surface area is 188 Å². The van der Waals surface area contributed by atoms with Gasteiger partial charge in [0.15, 0.2) is 0 Å². The van der Waals surface area contributed by atoms with E-state index in [-0.39, 0.29) is 19.0 Å². The maximum Gasteiger partial charge on any atom is 0.342 e. The average Bonchev–Trinajstić information content (AvgIpc) is 3.21. The smallest absolute Gasteiger partial charge is 0.342 e. The van der Waals surface area contributed by atoms with Crippen LogP contribution in [0.15, 0.2) is 46.9 Å². The number of aromatic hydroxyl groups is 1. The number of likely N-dealkylation sites (tertiary alicyclic amines) is 1. The SMILES string of the molecule is CCOC(=O)c1c(-c2ccccc2)oc2ccc(O)c(CCCN3CCCC(CO)C3)c12. The first-order valence-electron chi connectivity index (χ1n) is 11.5. The first-order valence-corrected chi connectivity index (χ1v) is 11.5. The lowest BCUT2D eigenvalue weighted by Gasteiger charge is -2.31. The third-order valence-corrected chi connectivity index (χ3v) is 6.22. The molecular formula is C26H31NO5. The van der Waals surface area contributed by atoms with Crippen molar-refractivity contribution in [1.82, 2.24) is 4.90 Å². The van der Waals surface area contributed by atoms with Gasteiger partial charge in [-0.3, -0.25) is 0 Å². The average molecular weight is 438 g/mol. The molecule has 1 fully saturated rings. The highest BCUT2D eigenvalue weighted by Gasteiger charge is 2.27. The van der Waals surface area contributed by atoms with Gasteiger partial charge in [0, 0.05) is 29.7 Å². The van der Waals surface area contributed by atoms with Gasteiger partial charge in [0.25, 0.3) is 0 Å². The van der Waals surface area contributed by atoms with Crippen molar-refractivity contribution in [2.24, 2.45) is 5.92 Å². The number of piperidine rings is 1. The van der Waals surface area contributed by atoms with Crippen LogP contribution in [0.4, 0.5) is 0 Å². The number of aliphatic hydroxyl groups is 1. The highest BCUT2D eigenvalue weighted by atomic mass is 16.5. The first kappa shape index (κ1) is 22.4. The van der Waals surface area contributed by atoms with Crippen molar-refractivity contribution in [3.05, 3.63) is 53.6 Å². The molecule has 0 amide bonds. The summed E-state index contributed by atoms with van der Waals surface area (Å²) in [6, 6.07) is 12.8. The van der Waals surface area contributed by atoms with Gasteiger partial charge in [-0.2, -0.15) is 0 Å². The van der Waals surface area contributed by atoms with E-state index in [4.69, 9.17) is 9.15 Å². The van der Waals surface area contributed by atoms with Crippen LogP contribution >= 0.6 is 0 Å². The number of hydrogen-bond acceptors (Lipinski definition) is 6. The number of benzene rings is 2. The van der Waals surface area contributed by atoms with Gasteiger partial charge in [-0.05, 0) is 63.7 Å². The van der Waals surface area contributed by atoms with Gasteiger partial charge in [-0.1, -0.05) is 30.3 Å². The quantitative estimate of drug-likeness (QED) is 0.501. The zero-order chi connectivity index (χ0) is 22.5. The molecule has 1 aromatic heterocycles. The number of nitrogens with zero attached hydrogens (tertiary/aromatic N) is 1. The lowest BCUT2D eigenvalue weighted by atomic mass is 9.96. The fraction of sp³-hybridized carbons (Fsp3) is 0.423. The van der Waals surface area contributed by atoms with Crippen molar-refractivity contribution in [3.8, 4) is 17.1 Å². The van der Waals surface area contributed by atoms with Crippen LogP contribution in [-0.4, -0.2) is 53.9 Å². The van der Waals surface area contributed by atoms with Crippen LogP contribution in [0.3, 0.4) is 0 Å². The standard InChI is InChI=1S/C26H31NO5/c1-2-31-26(30)24-23-20(11-7-15-27-14-6-8-18(16-27)17-28)21(29)12-13-22(23)32-25(24)19-9-4-3-5-10-19/h3-5,9-10,12-13,18,28-29H,2,6-8,11,14-17H2,1H3. The van der Waals surface area contributed by atoms with E-state index < -0.39 is 5.97 Å². The summed E-state index contributed by atoms with van der Waals surface area (Å²) in [6.07, 6.45) is 3.62. The highest BCUT2D eigenvalue weighted by Crippen LogP contribution is 2.39. The predicted molar refractivity (Wildman–Crippen MR) is 124 cm³/mol. The molecule has 0 radical (unpaired) electrons. The van der Waals surface area contributed by atoms with Gasteiger partial charge in [0.05, 0.1) is 6.61 Å². The summed E-state index contributed by atoms with van der Waals surface area (Å²) < 4.78 is 11.5. The summed E-state index contributed by atoms with van der Waals surface area (Å²) in [4.78, 5) is 15.3. The summed E-state index contributed by atoms with van der Waals surface area (Å²) in [5, 5.41) is 20.8. The van der Waals surface area contributed by atoms with Gasteiger partial charge in [0.2, 0.25) is 0 Å². The molecule has 1 saturated heterocycles. The molecule has 1 aliphatic heterocycles. The molecule has 4 rings (SSSR count). The van der Waals surface area contributed by atoms with Crippen molar-refractivity contribution < 1.29 is 24.2 Å². The third kappa shape index (κ3) is 4.66. The van der Waals surface area contributed by atoms with E-state index >= 15 is 0 Å². The lowest BCUT2D eigenvalue weighted by molar-refractivity contribution is 0.0528. The molecule has 0 aliphatic carbocycles. The number of aryl methyl sites for hydroxylation is 1. The molecule has 6 nitrogen and oxygen atoms in total. The van der Waals surface area contributed by atoms with Crippen LogP contribution in [0.5, 0.6) is 5.75 Å². The second kappa shape index (κ2) is 10.2. The van der Waals surface area contributed by atoms with Gasteiger partial charge in [0.1, 0.15) is 22.7 Å².